The SMILES string of the molecule is CC(C)OP(O)OCC(C)(C)C. The van der Waals surface area contributed by atoms with Crippen LogP contribution < -0.4 is 0 Å². The summed E-state index contributed by atoms with van der Waals surface area (Å²) in [4.78, 5) is 9.20. The molecule has 0 bridgehead atoms. The fourth-order valence-electron chi connectivity index (χ4n) is 0.460. The van der Waals surface area contributed by atoms with Gasteiger partial charge in [-0.1, -0.05) is 20.8 Å². The molecular weight excluding hydrogens is 175 g/mol. The van der Waals surface area contributed by atoms with Gasteiger partial charge < -0.3 is 13.9 Å². The second kappa shape index (κ2) is 5.13. The van der Waals surface area contributed by atoms with E-state index in [9.17, 15) is 4.89 Å². The van der Waals surface area contributed by atoms with Crippen molar-refractivity contribution in [3.05, 3.63) is 0 Å². The molecule has 0 aliphatic heterocycles. The molecule has 0 rings (SSSR count). The first-order chi connectivity index (χ1) is 5.31. The summed E-state index contributed by atoms with van der Waals surface area (Å²) in [7, 11) is -1.68. The van der Waals surface area contributed by atoms with E-state index >= 15 is 0 Å². The largest absolute Gasteiger partial charge is 0.330 e. The van der Waals surface area contributed by atoms with E-state index in [4.69, 9.17) is 9.05 Å². The predicted octanol–water partition coefficient (Wildman–Crippen LogP) is 2.69. The molecule has 0 spiro atoms. The lowest BCUT2D eigenvalue weighted by Crippen LogP contribution is -2.13. The zero-order valence-electron chi connectivity index (χ0n) is 8.50. The third-order valence-electron chi connectivity index (χ3n) is 0.909. The Morgan fingerprint density at radius 3 is 2.17 bits per heavy atom. The molecule has 1 N–H and O–H groups in total. The van der Waals surface area contributed by atoms with Gasteiger partial charge in [0.05, 0.1) is 12.7 Å². The molecule has 0 aliphatic carbocycles. The molecule has 0 fully saturated rings. The van der Waals surface area contributed by atoms with Crippen LogP contribution in [0.4, 0.5) is 0 Å². The van der Waals surface area contributed by atoms with E-state index in [1.165, 1.54) is 0 Å². The van der Waals surface area contributed by atoms with Gasteiger partial charge in [-0.05, 0) is 19.3 Å². The summed E-state index contributed by atoms with van der Waals surface area (Å²) in [6, 6.07) is 0. The van der Waals surface area contributed by atoms with E-state index < -0.39 is 8.60 Å². The van der Waals surface area contributed by atoms with E-state index in [1.54, 1.807) is 0 Å². The Morgan fingerprint density at radius 1 is 1.33 bits per heavy atom. The standard InChI is InChI=1S/C8H19O3P/c1-7(2)11-12(9)10-6-8(3,4)5/h7,9H,6H2,1-5H3. The zero-order valence-corrected chi connectivity index (χ0v) is 9.39. The molecular formula is C8H19O3P. The minimum absolute atomic E-state index is 0.0149. The quantitative estimate of drug-likeness (QED) is 0.699. The van der Waals surface area contributed by atoms with Crippen molar-refractivity contribution >= 4 is 8.60 Å². The van der Waals surface area contributed by atoms with Crippen molar-refractivity contribution in [1.82, 2.24) is 0 Å². The highest BCUT2D eigenvalue weighted by Gasteiger charge is 2.15. The van der Waals surface area contributed by atoms with Gasteiger partial charge >= 0.3 is 8.60 Å². The first-order valence-electron chi connectivity index (χ1n) is 4.10. The van der Waals surface area contributed by atoms with Gasteiger partial charge in [0, 0.05) is 0 Å². The molecule has 0 amide bonds. The molecule has 0 saturated carbocycles. The van der Waals surface area contributed by atoms with Crippen LogP contribution in [0.2, 0.25) is 0 Å². The predicted molar refractivity (Wildman–Crippen MR) is 50.8 cm³/mol. The third kappa shape index (κ3) is 8.41. The highest BCUT2D eigenvalue weighted by Crippen LogP contribution is 2.36. The fraction of sp³-hybridized carbons (Fsp3) is 1.00. The van der Waals surface area contributed by atoms with Crippen molar-refractivity contribution in [2.45, 2.75) is 40.7 Å². The smallest absolute Gasteiger partial charge is 0.328 e. The summed E-state index contributed by atoms with van der Waals surface area (Å²) in [5.41, 5.74) is 0.0731. The molecule has 0 radical (unpaired) electrons. The van der Waals surface area contributed by atoms with Crippen LogP contribution in [0, 0.1) is 5.41 Å². The maximum atomic E-state index is 9.20. The van der Waals surface area contributed by atoms with E-state index in [-0.39, 0.29) is 11.5 Å². The van der Waals surface area contributed by atoms with Gasteiger partial charge in [0.2, 0.25) is 0 Å². The number of hydrogen-bond donors (Lipinski definition) is 1. The van der Waals surface area contributed by atoms with Crippen LogP contribution >= 0.6 is 8.60 Å². The lowest BCUT2D eigenvalue weighted by Gasteiger charge is -2.20. The molecule has 1 atom stereocenters. The van der Waals surface area contributed by atoms with Crippen molar-refractivity contribution < 1.29 is 13.9 Å². The van der Waals surface area contributed by atoms with Crippen molar-refractivity contribution in [1.29, 1.82) is 0 Å². The summed E-state index contributed by atoms with van der Waals surface area (Å²) in [5, 5.41) is 0. The fourth-order valence-corrected chi connectivity index (χ4v) is 1.38. The maximum absolute atomic E-state index is 9.20. The van der Waals surface area contributed by atoms with Gasteiger partial charge in [0.1, 0.15) is 0 Å². The molecule has 1 unspecified atom stereocenters. The van der Waals surface area contributed by atoms with Crippen LogP contribution in [-0.2, 0) is 9.05 Å². The van der Waals surface area contributed by atoms with Gasteiger partial charge in [-0.3, -0.25) is 0 Å². The van der Waals surface area contributed by atoms with Gasteiger partial charge in [-0.15, -0.1) is 0 Å². The Hall–Kier alpha value is 0.310. The van der Waals surface area contributed by atoms with E-state index in [0.717, 1.165) is 0 Å². The van der Waals surface area contributed by atoms with Crippen LogP contribution in [0.1, 0.15) is 34.6 Å². The van der Waals surface area contributed by atoms with Crippen LogP contribution in [0.5, 0.6) is 0 Å². The average Bonchev–Trinajstić information content (AvgIpc) is 1.80. The first kappa shape index (κ1) is 12.3. The van der Waals surface area contributed by atoms with Crippen LogP contribution in [0.25, 0.3) is 0 Å². The highest BCUT2D eigenvalue weighted by molar-refractivity contribution is 7.40. The summed E-state index contributed by atoms with van der Waals surface area (Å²) < 4.78 is 10.2. The number of rotatable bonds is 4. The monoisotopic (exact) mass is 194 g/mol. The van der Waals surface area contributed by atoms with E-state index in [1.807, 2.05) is 34.6 Å². The first-order valence-corrected chi connectivity index (χ1v) is 5.23. The molecule has 0 aromatic heterocycles. The second-order valence-corrected chi connectivity index (χ2v) is 5.17. The zero-order chi connectivity index (χ0) is 9.78. The lowest BCUT2D eigenvalue weighted by atomic mass is 9.99. The summed E-state index contributed by atoms with van der Waals surface area (Å²) >= 11 is 0. The van der Waals surface area contributed by atoms with Crippen LogP contribution in [-0.4, -0.2) is 17.6 Å². The molecule has 0 heterocycles. The minimum atomic E-state index is -1.68. The third-order valence-corrected chi connectivity index (χ3v) is 1.86. The summed E-state index contributed by atoms with van der Waals surface area (Å²) in [6.07, 6.45) is 0.0149. The normalized spacial score (nSPS) is 15.2. The summed E-state index contributed by atoms with van der Waals surface area (Å²) in [6.45, 7) is 10.4. The maximum Gasteiger partial charge on any atom is 0.330 e. The van der Waals surface area contributed by atoms with Gasteiger partial charge in [0.25, 0.3) is 0 Å². The van der Waals surface area contributed by atoms with Crippen molar-refractivity contribution in [2.24, 2.45) is 5.41 Å². The molecule has 0 aromatic carbocycles. The Morgan fingerprint density at radius 2 is 1.83 bits per heavy atom. The van der Waals surface area contributed by atoms with Crippen LogP contribution in [0.15, 0.2) is 0 Å². The van der Waals surface area contributed by atoms with Crippen LogP contribution in [0.3, 0.4) is 0 Å². The Bertz CT molecular complexity index is 120. The lowest BCUT2D eigenvalue weighted by molar-refractivity contribution is 0.128. The van der Waals surface area contributed by atoms with Crippen molar-refractivity contribution in [2.75, 3.05) is 6.61 Å². The van der Waals surface area contributed by atoms with Gasteiger partial charge in [-0.25, -0.2) is 0 Å². The van der Waals surface area contributed by atoms with Gasteiger partial charge in [-0.2, -0.15) is 0 Å². The minimum Gasteiger partial charge on any atom is -0.328 e. The molecule has 0 saturated heterocycles. The second-order valence-electron chi connectivity index (χ2n) is 4.23. The Labute approximate surface area is 76.1 Å². The molecule has 74 valence electrons. The average molecular weight is 194 g/mol. The molecule has 3 nitrogen and oxygen atoms in total. The highest BCUT2D eigenvalue weighted by atomic mass is 31.2. The molecule has 0 aromatic rings. The van der Waals surface area contributed by atoms with Crippen molar-refractivity contribution in [3.63, 3.8) is 0 Å². The number of hydrogen-bond acceptors (Lipinski definition) is 3. The topological polar surface area (TPSA) is 38.7 Å². The molecule has 12 heavy (non-hydrogen) atoms. The van der Waals surface area contributed by atoms with Gasteiger partial charge in [0.15, 0.2) is 0 Å². The molecule has 4 heteroatoms. The van der Waals surface area contributed by atoms with E-state index in [2.05, 4.69) is 0 Å². The Kier molecular flexibility index (Phi) is 5.26. The summed E-state index contributed by atoms with van der Waals surface area (Å²) in [5.74, 6) is 0. The molecule has 0 aliphatic rings. The Balaban J connectivity index is 3.51. The van der Waals surface area contributed by atoms with Crippen molar-refractivity contribution in [3.8, 4) is 0 Å². The van der Waals surface area contributed by atoms with E-state index in [0.29, 0.717) is 6.61 Å².